The van der Waals surface area contributed by atoms with Crippen molar-refractivity contribution < 1.29 is 47.7 Å². The highest BCUT2D eigenvalue weighted by Crippen LogP contribution is 2.73. The number of methoxy groups -OCH3 is 1. The van der Waals surface area contributed by atoms with Crippen LogP contribution in [0, 0.1) is 39.4 Å². The summed E-state index contributed by atoms with van der Waals surface area (Å²) < 4.78 is 22.4. The molecule has 3 saturated carbocycles. The molecule has 4 aliphatic rings. The lowest BCUT2D eigenvalue weighted by Crippen LogP contribution is -2.77. The van der Waals surface area contributed by atoms with Crippen molar-refractivity contribution in [1.29, 1.82) is 0 Å². The summed E-state index contributed by atoms with van der Waals surface area (Å²) in [5.74, 6) is -6.08. The van der Waals surface area contributed by atoms with Crippen LogP contribution in [-0.4, -0.2) is 60.4 Å². The molecule has 4 fully saturated rings. The largest absolute Gasteiger partial charge is 0.466 e. The topological polar surface area (TPSA) is 139 Å². The maximum absolute atomic E-state index is 14.2. The lowest BCUT2D eigenvalue weighted by atomic mass is 9.34. The number of hydrogen-bond acceptors (Lipinski definition) is 10. The number of ether oxygens (including phenoxy) is 4. The number of rotatable bonds is 3. The Hall–Kier alpha value is -3.04. The highest BCUT2D eigenvalue weighted by molar-refractivity contribution is 6.15. The summed E-state index contributed by atoms with van der Waals surface area (Å²) in [6, 6.07) is 0. The molecule has 0 radical (unpaired) electrons. The van der Waals surface area contributed by atoms with Gasteiger partial charge in [-0.15, -0.1) is 0 Å². The van der Waals surface area contributed by atoms with Crippen LogP contribution in [0.4, 0.5) is 0 Å². The standard InChI is InChI=1S/C30H40O10/c1-14-13-17-27(6)12-11-18(33)26(4,5)20(27)19(38-15(2)31)22(39-16(3)32)29(17,8)21-23(34)40-30(9,25(36)37-10)24(35)28(14,21)7/h17,19-22H,1,11-13H2,2-10H3/t17-,19-,20-,21+,22+,27-,28-,29-,30+/m1/s1. The maximum Gasteiger partial charge on any atom is 0.358 e. The summed E-state index contributed by atoms with van der Waals surface area (Å²) in [5.41, 5.74) is -6.31. The van der Waals surface area contributed by atoms with E-state index in [4.69, 9.17) is 18.9 Å². The molecule has 0 aromatic rings. The fourth-order valence-electron chi connectivity index (χ4n) is 9.18. The van der Waals surface area contributed by atoms with E-state index in [1.54, 1.807) is 13.8 Å². The van der Waals surface area contributed by atoms with E-state index in [0.29, 0.717) is 12.0 Å². The van der Waals surface area contributed by atoms with Crippen molar-refractivity contribution >= 4 is 35.4 Å². The van der Waals surface area contributed by atoms with Gasteiger partial charge in [-0.3, -0.25) is 24.0 Å². The van der Waals surface area contributed by atoms with Crippen LogP contribution in [0.15, 0.2) is 12.2 Å². The highest BCUT2D eigenvalue weighted by atomic mass is 16.6. The minimum absolute atomic E-state index is 0.00196. The second-order valence-electron chi connectivity index (χ2n) is 13.4. The third-order valence-electron chi connectivity index (χ3n) is 10.9. The molecule has 0 N–H and O–H groups in total. The van der Waals surface area contributed by atoms with E-state index in [0.717, 1.165) is 7.11 Å². The van der Waals surface area contributed by atoms with Gasteiger partial charge in [-0.05, 0) is 38.0 Å². The summed E-state index contributed by atoms with van der Waals surface area (Å²) >= 11 is 0. The fraction of sp³-hybridized carbons (Fsp3) is 0.733. The average molecular weight is 561 g/mol. The monoisotopic (exact) mass is 560 g/mol. The van der Waals surface area contributed by atoms with Crippen molar-refractivity contribution in [1.82, 2.24) is 0 Å². The fourth-order valence-corrected chi connectivity index (χ4v) is 9.18. The number of Topliss-reactive ketones (excluding diaryl/α,β-unsaturated/α-hetero) is 2. The van der Waals surface area contributed by atoms with E-state index in [1.807, 2.05) is 20.8 Å². The van der Waals surface area contributed by atoms with Crippen LogP contribution in [0.2, 0.25) is 0 Å². The number of carbonyl (C=O) groups is 6. The van der Waals surface area contributed by atoms with Gasteiger partial charge in [-0.2, -0.15) is 0 Å². The normalized spacial score (nSPS) is 43.9. The number of carbonyl (C=O) groups excluding carboxylic acids is 6. The van der Waals surface area contributed by atoms with Crippen molar-refractivity contribution in [2.75, 3.05) is 7.11 Å². The molecular formula is C30H40O10. The van der Waals surface area contributed by atoms with Crippen molar-refractivity contribution in [2.24, 2.45) is 39.4 Å². The zero-order valence-electron chi connectivity index (χ0n) is 24.8. The Morgan fingerprint density at radius 2 is 1.52 bits per heavy atom. The first-order valence-corrected chi connectivity index (χ1v) is 13.7. The third kappa shape index (κ3) is 3.59. The van der Waals surface area contributed by atoms with Gasteiger partial charge in [-0.1, -0.05) is 39.8 Å². The van der Waals surface area contributed by atoms with Crippen LogP contribution in [0.3, 0.4) is 0 Å². The van der Waals surface area contributed by atoms with E-state index in [2.05, 4.69) is 6.58 Å². The van der Waals surface area contributed by atoms with Crippen LogP contribution in [-0.2, 0) is 47.7 Å². The molecule has 1 heterocycles. The van der Waals surface area contributed by atoms with Crippen molar-refractivity contribution in [3.8, 4) is 0 Å². The smallest absolute Gasteiger partial charge is 0.358 e. The quantitative estimate of drug-likeness (QED) is 0.219. The first kappa shape index (κ1) is 29.9. The van der Waals surface area contributed by atoms with E-state index in [-0.39, 0.29) is 18.6 Å². The zero-order chi connectivity index (χ0) is 30.4. The van der Waals surface area contributed by atoms with Crippen LogP contribution in [0.25, 0.3) is 0 Å². The number of cyclic esters (lactones) is 1. The van der Waals surface area contributed by atoms with Gasteiger partial charge < -0.3 is 18.9 Å². The molecule has 0 spiro atoms. The molecule has 220 valence electrons. The highest BCUT2D eigenvalue weighted by Gasteiger charge is 2.79. The van der Waals surface area contributed by atoms with Gasteiger partial charge in [0.15, 0.2) is 5.78 Å². The van der Waals surface area contributed by atoms with Gasteiger partial charge in [0.2, 0.25) is 0 Å². The van der Waals surface area contributed by atoms with Gasteiger partial charge >= 0.3 is 23.9 Å². The van der Waals surface area contributed by atoms with Crippen molar-refractivity contribution in [3.63, 3.8) is 0 Å². The molecule has 1 aliphatic heterocycles. The second-order valence-corrected chi connectivity index (χ2v) is 13.4. The third-order valence-corrected chi connectivity index (χ3v) is 10.9. The first-order valence-electron chi connectivity index (χ1n) is 13.7. The Morgan fingerprint density at radius 1 is 0.950 bits per heavy atom. The predicted octanol–water partition coefficient (Wildman–Crippen LogP) is 3.14. The lowest BCUT2D eigenvalue weighted by Gasteiger charge is -2.70. The van der Waals surface area contributed by atoms with Crippen molar-refractivity contribution in [2.45, 2.75) is 92.5 Å². The van der Waals surface area contributed by atoms with Gasteiger partial charge in [-0.25, -0.2) is 4.79 Å². The molecule has 10 heteroatoms. The number of esters is 4. The Kier molecular flexibility index (Phi) is 6.72. The Balaban J connectivity index is 2.04. The van der Waals surface area contributed by atoms with Crippen LogP contribution in [0.5, 0.6) is 0 Å². The molecule has 10 nitrogen and oxygen atoms in total. The van der Waals surface area contributed by atoms with E-state index >= 15 is 0 Å². The molecule has 0 unspecified atom stereocenters. The van der Waals surface area contributed by atoms with Gasteiger partial charge in [0.25, 0.3) is 5.60 Å². The Labute approximate surface area is 234 Å². The molecule has 0 amide bonds. The minimum Gasteiger partial charge on any atom is -0.466 e. The summed E-state index contributed by atoms with van der Waals surface area (Å²) in [4.78, 5) is 79.5. The molecule has 0 aromatic heterocycles. The number of allylic oxidation sites excluding steroid dienone is 1. The number of fused-ring (bicyclic) bond motifs is 5. The molecule has 0 aromatic carbocycles. The lowest BCUT2D eigenvalue weighted by molar-refractivity contribution is -0.280. The Morgan fingerprint density at radius 3 is 2.05 bits per heavy atom. The summed E-state index contributed by atoms with van der Waals surface area (Å²) in [6.45, 7) is 16.9. The molecule has 9 atom stereocenters. The molecule has 0 bridgehead atoms. The molecule has 3 aliphatic carbocycles. The molecule has 40 heavy (non-hydrogen) atoms. The molecule has 4 rings (SSSR count). The van der Waals surface area contributed by atoms with Crippen molar-refractivity contribution in [3.05, 3.63) is 12.2 Å². The predicted molar refractivity (Wildman–Crippen MR) is 139 cm³/mol. The van der Waals surface area contributed by atoms with E-state index in [1.165, 1.54) is 20.8 Å². The minimum atomic E-state index is -2.20. The first-order chi connectivity index (χ1) is 18.2. The maximum atomic E-state index is 14.2. The SMILES string of the molecule is C=C1C[C@@H]2[C@@]3(C)CCC(=O)C(C)(C)[C@H]3[C@@H](OC(C)=O)[C@H](OC(C)=O)[C@@]2(C)[C@H]2C(=O)O[C@](C)(C(=O)OC)C(=O)[C@]12C. The van der Waals surface area contributed by atoms with E-state index in [9.17, 15) is 28.8 Å². The summed E-state index contributed by atoms with van der Waals surface area (Å²) in [7, 11) is 1.10. The van der Waals surface area contributed by atoms with E-state index < -0.39 is 86.9 Å². The van der Waals surface area contributed by atoms with Gasteiger partial charge in [0, 0.05) is 37.0 Å². The molecular weight excluding hydrogens is 520 g/mol. The zero-order valence-corrected chi connectivity index (χ0v) is 24.8. The van der Waals surface area contributed by atoms with Crippen LogP contribution >= 0.6 is 0 Å². The van der Waals surface area contributed by atoms with Crippen LogP contribution in [0.1, 0.15) is 74.7 Å². The van der Waals surface area contributed by atoms with Gasteiger partial charge in [0.1, 0.15) is 18.0 Å². The van der Waals surface area contributed by atoms with Gasteiger partial charge in [0.05, 0.1) is 18.4 Å². The number of hydrogen-bond donors (Lipinski definition) is 0. The molecule has 1 saturated heterocycles. The second kappa shape index (κ2) is 8.98. The average Bonchev–Trinajstić information content (AvgIpc) is 2.83. The summed E-state index contributed by atoms with van der Waals surface area (Å²) in [6.07, 6.45) is -1.34. The Bertz CT molecular complexity index is 1230. The summed E-state index contributed by atoms with van der Waals surface area (Å²) in [5, 5.41) is 0. The van der Waals surface area contributed by atoms with Crippen LogP contribution < -0.4 is 0 Å². The number of ketones is 2.